The first kappa shape index (κ1) is 15.4. The van der Waals surface area contributed by atoms with Crippen molar-refractivity contribution >= 4 is 17.3 Å². The molecule has 6 heteroatoms. The fraction of sp³-hybridized carbons (Fsp3) is 0.533. The number of carbonyl (C=O) groups excluding carboxylic acids is 1. The van der Waals surface area contributed by atoms with Gasteiger partial charge < -0.3 is 11.1 Å². The monoisotopic (exact) mass is 291 g/mol. The van der Waals surface area contributed by atoms with Gasteiger partial charge in [-0.3, -0.25) is 14.9 Å². The number of benzene rings is 1. The standard InChI is InChI=1S/C15H21N3O3/c1-11-5-6-13(18(20)21)12(9-11)17-14(19)10-15(16)7-3-2-4-8-15/h5-6,9H,2-4,7-8,10,16H2,1H3,(H,17,19). The van der Waals surface area contributed by atoms with E-state index in [2.05, 4.69) is 5.32 Å². The first-order valence-corrected chi connectivity index (χ1v) is 7.23. The molecule has 2 rings (SSSR count). The minimum Gasteiger partial charge on any atom is -0.325 e. The first-order valence-electron chi connectivity index (χ1n) is 7.23. The lowest BCUT2D eigenvalue weighted by Crippen LogP contribution is -2.44. The molecule has 0 spiro atoms. The van der Waals surface area contributed by atoms with E-state index >= 15 is 0 Å². The van der Waals surface area contributed by atoms with Crippen molar-refractivity contribution in [1.82, 2.24) is 0 Å². The van der Waals surface area contributed by atoms with E-state index in [0.717, 1.165) is 37.7 Å². The molecule has 114 valence electrons. The van der Waals surface area contributed by atoms with Crippen LogP contribution in [0.15, 0.2) is 18.2 Å². The van der Waals surface area contributed by atoms with Crippen LogP contribution in [0.5, 0.6) is 0 Å². The highest BCUT2D eigenvalue weighted by atomic mass is 16.6. The van der Waals surface area contributed by atoms with Gasteiger partial charge in [-0.2, -0.15) is 0 Å². The maximum atomic E-state index is 12.2. The van der Waals surface area contributed by atoms with Gasteiger partial charge in [0.15, 0.2) is 0 Å². The van der Waals surface area contributed by atoms with Crippen molar-refractivity contribution in [3.63, 3.8) is 0 Å². The van der Waals surface area contributed by atoms with Gasteiger partial charge in [0.25, 0.3) is 5.69 Å². The fourth-order valence-corrected chi connectivity index (χ4v) is 2.86. The summed E-state index contributed by atoms with van der Waals surface area (Å²) in [6, 6.07) is 4.67. The van der Waals surface area contributed by atoms with Gasteiger partial charge in [-0.1, -0.05) is 25.3 Å². The molecular formula is C15H21N3O3. The van der Waals surface area contributed by atoms with Crippen LogP contribution in [0.2, 0.25) is 0 Å². The SMILES string of the molecule is Cc1ccc([N+](=O)[O-])c(NC(=O)CC2(N)CCCCC2)c1. The van der Waals surface area contributed by atoms with Gasteiger partial charge in [0.1, 0.15) is 5.69 Å². The second-order valence-corrected chi connectivity index (χ2v) is 5.93. The van der Waals surface area contributed by atoms with Crippen LogP contribution in [0.4, 0.5) is 11.4 Å². The predicted octanol–water partition coefficient (Wildman–Crippen LogP) is 2.89. The number of carbonyl (C=O) groups is 1. The molecule has 1 saturated carbocycles. The van der Waals surface area contributed by atoms with Crippen molar-refractivity contribution in [2.24, 2.45) is 5.73 Å². The van der Waals surface area contributed by atoms with Gasteiger partial charge >= 0.3 is 0 Å². The van der Waals surface area contributed by atoms with Crippen molar-refractivity contribution < 1.29 is 9.72 Å². The molecular weight excluding hydrogens is 270 g/mol. The Labute approximate surface area is 123 Å². The topological polar surface area (TPSA) is 98.3 Å². The van der Waals surface area contributed by atoms with Crippen LogP contribution in [0.1, 0.15) is 44.1 Å². The number of nitro groups is 1. The van der Waals surface area contributed by atoms with E-state index < -0.39 is 10.5 Å². The number of hydrogen-bond acceptors (Lipinski definition) is 4. The van der Waals surface area contributed by atoms with Crippen molar-refractivity contribution in [3.8, 4) is 0 Å². The Morgan fingerprint density at radius 1 is 1.38 bits per heavy atom. The Balaban J connectivity index is 2.09. The lowest BCUT2D eigenvalue weighted by molar-refractivity contribution is -0.383. The minimum atomic E-state index is -0.492. The molecule has 0 bridgehead atoms. The number of nitrogens with one attached hydrogen (secondary N) is 1. The van der Waals surface area contributed by atoms with E-state index in [9.17, 15) is 14.9 Å². The molecule has 0 atom stereocenters. The molecule has 1 aliphatic carbocycles. The van der Waals surface area contributed by atoms with Gasteiger partial charge in [0, 0.05) is 18.0 Å². The minimum absolute atomic E-state index is 0.0938. The molecule has 0 aliphatic heterocycles. The zero-order chi connectivity index (χ0) is 15.5. The number of hydrogen-bond donors (Lipinski definition) is 2. The molecule has 1 aromatic rings. The lowest BCUT2D eigenvalue weighted by atomic mass is 9.80. The molecule has 1 aromatic carbocycles. The third kappa shape index (κ3) is 4.01. The zero-order valence-corrected chi connectivity index (χ0v) is 12.2. The number of nitrogens with zero attached hydrogens (tertiary/aromatic N) is 1. The van der Waals surface area contributed by atoms with Crippen LogP contribution < -0.4 is 11.1 Å². The average Bonchev–Trinajstić information content (AvgIpc) is 2.38. The van der Waals surface area contributed by atoms with Crippen LogP contribution in [0.3, 0.4) is 0 Å². The van der Waals surface area contributed by atoms with Crippen LogP contribution in [0.25, 0.3) is 0 Å². The summed E-state index contributed by atoms with van der Waals surface area (Å²) in [5.74, 6) is -0.256. The van der Waals surface area contributed by atoms with Crippen molar-refractivity contribution in [2.75, 3.05) is 5.32 Å². The van der Waals surface area contributed by atoms with Crippen LogP contribution >= 0.6 is 0 Å². The molecule has 0 heterocycles. The van der Waals surface area contributed by atoms with E-state index in [1.165, 1.54) is 6.07 Å². The summed E-state index contributed by atoms with van der Waals surface area (Å²) < 4.78 is 0. The smallest absolute Gasteiger partial charge is 0.292 e. The molecule has 1 fully saturated rings. The summed E-state index contributed by atoms with van der Waals surface area (Å²) in [4.78, 5) is 22.7. The fourth-order valence-electron chi connectivity index (χ4n) is 2.86. The Bertz CT molecular complexity index is 551. The van der Waals surface area contributed by atoms with Crippen molar-refractivity contribution in [1.29, 1.82) is 0 Å². The highest BCUT2D eigenvalue weighted by Crippen LogP contribution is 2.30. The molecule has 1 aliphatic rings. The Morgan fingerprint density at radius 2 is 2.05 bits per heavy atom. The molecule has 0 saturated heterocycles. The molecule has 0 aromatic heterocycles. The predicted molar refractivity (Wildman–Crippen MR) is 81.1 cm³/mol. The highest BCUT2D eigenvalue weighted by molar-refractivity contribution is 5.93. The quantitative estimate of drug-likeness (QED) is 0.658. The number of nitro benzene ring substituents is 1. The molecule has 1 amide bonds. The van der Waals surface area contributed by atoms with E-state index in [0.29, 0.717) is 0 Å². The second-order valence-electron chi connectivity index (χ2n) is 5.93. The third-order valence-corrected chi connectivity index (χ3v) is 3.98. The largest absolute Gasteiger partial charge is 0.325 e. The van der Waals surface area contributed by atoms with E-state index in [1.807, 2.05) is 6.92 Å². The van der Waals surface area contributed by atoms with Crippen LogP contribution in [0, 0.1) is 17.0 Å². The number of anilines is 1. The Kier molecular flexibility index (Phi) is 4.57. The van der Waals surface area contributed by atoms with Crippen LogP contribution in [-0.4, -0.2) is 16.4 Å². The van der Waals surface area contributed by atoms with Gasteiger partial charge in [0.2, 0.25) is 5.91 Å². The molecule has 6 nitrogen and oxygen atoms in total. The summed E-state index contributed by atoms with van der Waals surface area (Å²) in [6.45, 7) is 1.82. The Morgan fingerprint density at radius 3 is 2.67 bits per heavy atom. The van der Waals surface area contributed by atoms with Gasteiger partial charge in [-0.25, -0.2) is 0 Å². The number of amides is 1. The van der Waals surface area contributed by atoms with Gasteiger partial charge in [-0.05, 0) is 31.4 Å². The first-order chi connectivity index (χ1) is 9.89. The average molecular weight is 291 g/mol. The van der Waals surface area contributed by atoms with E-state index in [4.69, 9.17) is 5.73 Å². The summed E-state index contributed by atoms with van der Waals surface area (Å²) in [5, 5.41) is 13.6. The summed E-state index contributed by atoms with van der Waals surface area (Å²) in [6.07, 6.45) is 5.09. The number of aryl methyl sites for hydroxylation is 1. The van der Waals surface area contributed by atoms with E-state index in [-0.39, 0.29) is 23.7 Å². The van der Waals surface area contributed by atoms with Gasteiger partial charge in [-0.15, -0.1) is 0 Å². The van der Waals surface area contributed by atoms with Gasteiger partial charge in [0.05, 0.1) is 4.92 Å². The van der Waals surface area contributed by atoms with Crippen molar-refractivity contribution in [2.45, 2.75) is 51.0 Å². The summed E-state index contributed by atoms with van der Waals surface area (Å²) >= 11 is 0. The molecule has 3 N–H and O–H groups in total. The molecule has 21 heavy (non-hydrogen) atoms. The Hall–Kier alpha value is -1.95. The molecule has 0 unspecified atom stereocenters. The van der Waals surface area contributed by atoms with Crippen molar-refractivity contribution in [3.05, 3.63) is 33.9 Å². The van der Waals surface area contributed by atoms with E-state index in [1.54, 1.807) is 12.1 Å². The normalized spacial score (nSPS) is 17.2. The third-order valence-electron chi connectivity index (χ3n) is 3.98. The lowest BCUT2D eigenvalue weighted by Gasteiger charge is -2.32. The van der Waals surface area contributed by atoms with Crippen LogP contribution in [-0.2, 0) is 4.79 Å². The highest BCUT2D eigenvalue weighted by Gasteiger charge is 2.30. The number of rotatable bonds is 4. The maximum absolute atomic E-state index is 12.2. The molecule has 0 radical (unpaired) electrons. The summed E-state index contributed by atoms with van der Waals surface area (Å²) in [5.41, 5.74) is 6.78. The number of nitrogens with two attached hydrogens (primary N) is 1. The maximum Gasteiger partial charge on any atom is 0.292 e. The summed E-state index contributed by atoms with van der Waals surface area (Å²) in [7, 11) is 0. The zero-order valence-electron chi connectivity index (χ0n) is 12.2. The second kappa shape index (κ2) is 6.22.